The molecule has 0 aliphatic carbocycles. The maximum absolute atomic E-state index is 12.9. The molecule has 2 heterocycles. The monoisotopic (exact) mass is 388 g/mol. The molecule has 28 heavy (non-hydrogen) atoms. The van der Waals surface area contributed by atoms with Gasteiger partial charge in [-0.25, -0.2) is 9.18 Å². The average Bonchev–Trinajstić information content (AvgIpc) is 3.24. The third-order valence-corrected chi connectivity index (χ3v) is 4.38. The Hall–Kier alpha value is -3.36. The topological polar surface area (TPSA) is 94.9 Å². The highest BCUT2D eigenvalue weighted by Crippen LogP contribution is 2.11. The van der Waals surface area contributed by atoms with Crippen LogP contribution in [-0.2, 0) is 4.79 Å². The maximum atomic E-state index is 12.9. The Bertz CT molecular complexity index is 815. The van der Waals surface area contributed by atoms with Gasteiger partial charge in [0.05, 0.1) is 6.26 Å². The summed E-state index contributed by atoms with van der Waals surface area (Å²) >= 11 is 0. The largest absolute Gasteiger partial charge is 0.459 e. The van der Waals surface area contributed by atoms with Crippen LogP contribution < -0.4 is 10.6 Å². The van der Waals surface area contributed by atoms with Crippen molar-refractivity contribution >= 4 is 23.5 Å². The Morgan fingerprint density at radius 1 is 1.00 bits per heavy atom. The smallest absolute Gasteiger partial charge is 0.321 e. The highest BCUT2D eigenvalue weighted by molar-refractivity contribution is 5.91. The summed E-state index contributed by atoms with van der Waals surface area (Å²) in [7, 11) is 0. The number of carbonyl (C=O) groups excluding carboxylic acids is 3. The van der Waals surface area contributed by atoms with Gasteiger partial charge in [-0.15, -0.1) is 0 Å². The number of furan rings is 1. The fourth-order valence-electron chi connectivity index (χ4n) is 2.83. The van der Waals surface area contributed by atoms with Gasteiger partial charge in [0, 0.05) is 44.8 Å². The number of halogens is 1. The van der Waals surface area contributed by atoms with Gasteiger partial charge < -0.3 is 24.9 Å². The molecule has 1 aliphatic heterocycles. The van der Waals surface area contributed by atoms with E-state index in [2.05, 4.69) is 10.6 Å². The molecule has 148 valence electrons. The lowest BCUT2D eigenvalue weighted by molar-refractivity contribution is -0.132. The minimum atomic E-state index is -0.370. The lowest BCUT2D eigenvalue weighted by Gasteiger charge is -2.34. The normalized spacial score (nSPS) is 13.9. The molecule has 3 rings (SSSR count). The van der Waals surface area contributed by atoms with Crippen LogP contribution >= 0.6 is 0 Å². The van der Waals surface area contributed by atoms with Crippen molar-refractivity contribution in [1.82, 2.24) is 15.1 Å². The van der Waals surface area contributed by atoms with Crippen molar-refractivity contribution in [2.45, 2.75) is 6.42 Å². The van der Waals surface area contributed by atoms with Crippen LogP contribution in [0.15, 0.2) is 47.1 Å². The van der Waals surface area contributed by atoms with Gasteiger partial charge in [0.2, 0.25) is 5.91 Å². The van der Waals surface area contributed by atoms with E-state index in [4.69, 9.17) is 4.42 Å². The lowest BCUT2D eigenvalue weighted by Crippen LogP contribution is -2.52. The number of anilines is 1. The van der Waals surface area contributed by atoms with Gasteiger partial charge in [0.15, 0.2) is 5.76 Å². The molecule has 0 saturated carbocycles. The minimum Gasteiger partial charge on any atom is -0.459 e. The van der Waals surface area contributed by atoms with Crippen molar-refractivity contribution in [2.75, 3.05) is 38.0 Å². The molecular weight excluding hydrogens is 367 g/mol. The maximum Gasteiger partial charge on any atom is 0.321 e. The fraction of sp³-hybridized carbons (Fsp3) is 0.316. The highest BCUT2D eigenvalue weighted by atomic mass is 19.1. The van der Waals surface area contributed by atoms with E-state index in [1.165, 1.54) is 30.5 Å². The number of amides is 4. The molecule has 0 radical (unpaired) electrons. The molecule has 1 saturated heterocycles. The Morgan fingerprint density at radius 3 is 2.32 bits per heavy atom. The van der Waals surface area contributed by atoms with E-state index in [0.717, 1.165) is 0 Å². The molecular formula is C19H21FN4O4. The lowest BCUT2D eigenvalue weighted by atomic mass is 10.2. The van der Waals surface area contributed by atoms with Crippen LogP contribution in [0.1, 0.15) is 17.0 Å². The molecule has 2 N–H and O–H groups in total. The molecule has 0 unspecified atom stereocenters. The molecule has 8 nitrogen and oxygen atoms in total. The fourth-order valence-corrected chi connectivity index (χ4v) is 2.83. The number of piperazine rings is 1. The highest BCUT2D eigenvalue weighted by Gasteiger charge is 2.24. The van der Waals surface area contributed by atoms with Gasteiger partial charge in [-0.1, -0.05) is 0 Å². The number of hydrogen-bond donors (Lipinski definition) is 2. The first kappa shape index (κ1) is 19.4. The van der Waals surface area contributed by atoms with Crippen LogP contribution in [0.4, 0.5) is 14.9 Å². The standard InChI is InChI=1S/C19H21FN4O4/c20-14-3-5-15(6-4-14)22-19(27)24-11-9-23(10-12-24)17(25)7-8-21-18(26)16-2-1-13-28-16/h1-6,13H,7-12H2,(H,21,26)(H,22,27). The summed E-state index contributed by atoms with van der Waals surface area (Å²) in [5.74, 6) is -0.614. The van der Waals surface area contributed by atoms with Gasteiger partial charge in [0.1, 0.15) is 5.82 Å². The van der Waals surface area contributed by atoms with E-state index in [1.807, 2.05) is 0 Å². The van der Waals surface area contributed by atoms with Crippen LogP contribution in [0.5, 0.6) is 0 Å². The summed E-state index contributed by atoms with van der Waals surface area (Å²) in [6, 6.07) is 8.41. The minimum absolute atomic E-state index is 0.0849. The second-order valence-electron chi connectivity index (χ2n) is 6.29. The van der Waals surface area contributed by atoms with Crippen molar-refractivity contribution in [2.24, 2.45) is 0 Å². The zero-order valence-electron chi connectivity index (χ0n) is 15.2. The Kier molecular flexibility index (Phi) is 6.25. The van der Waals surface area contributed by atoms with E-state index in [1.54, 1.807) is 21.9 Å². The van der Waals surface area contributed by atoms with E-state index < -0.39 is 0 Å². The molecule has 1 fully saturated rings. The number of nitrogens with one attached hydrogen (secondary N) is 2. The number of urea groups is 1. The first-order chi connectivity index (χ1) is 13.5. The quantitative estimate of drug-likeness (QED) is 0.818. The first-order valence-electron chi connectivity index (χ1n) is 8.94. The third kappa shape index (κ3) is 5.09. The molecule has 1 aromatic carbocycles. The summed E-state index contributed by atoms with van der Waals surface area (Å²) in [6.07, 6.45) is 1.58. The number of rotatable bonds is 5. The van der Waals surface area contributed by atoms with Crippen LogP contribution in [0.2, 0.25) is 0 Å². The Balaban J connectivity index is 1.38. The van der Waals surface area contributed by atoms with Crippen LogP contribution in [-0.4, -0.2) is 60.4 Å². The summed E-state index contributed by atoms with van der Waals surface area (Å²) in [5, 5.41) is 5.34. The second-order valence-corrected chi connectivity index (χ2v) is 6.29. The molecule has 1 aliphatic rings. The Morgan fingerprint density at radius 2 is 1.68 bits per heavy atom. The first-order valence-corrected chi connectivity index (χ1v) is 8.94. The molecule has 9 heteroatoms. The molecule has 0 spiro atoms. The van der Waals surface area contributed by atoms with E-state index in [-0.39, 0.29) is 42.4 Å². The number of benzene rings is 1. The zero-order valence-corrected chi connectivity index (χ0v) is 15.2. The van der Waals surface area contributed by atoms with E-state index >= 15 is 0 Å². The van der Waals surface area contributed by atoms with Gasteiger partial charge >= 0.3 is 6.03 Å². The molecule has 4 amide bonds. The molecule has 0 bridgehead atoms. The summed E-state index contributed by atoms with van der Waals surface area (Å²) in [4.78, 5) is 39.5. The molecule has 1 aromatic heterocycles. The van der Waals surface area contributed by atoms with Crippen LogP contribution in [0.25, 0.3) is 0 Å². The molecule has 2 aromatic rings. The number of hydrogen-bond acceptors (Lipinski definition) is 4. The predicted octanol–water partition coefficient (Wildman–Crippen LogP) is 1.91. The second kappa shape index (κ2) is 9.03. The van der Waals surface area contributed by atoms with Gasteiger partial charge in [0.25, 0.3) is 5.91 Å². The van der Waals surface area contributed by atoms with Crippen LogP contribution in [0, 0.1) is 5.82 Å². The number of nitrogens with zero attached hydrogens (tertiary/aromatic N) is 2. The van der Waals surface area contributed by atoms with E-state index in [0.29, 0.717) is 31.9 Å². The van der Waals surface area contributed by atoms with Gasteiger partial charge in [-0.3, -0.25) is 9.59 Å². The van der Waals surface area contributed by atoms with Crippen molar-refractivity contribution < 1.29 is 23.2 Å². The third-order valence-electron chi connectivity index (χ3n) is 4.38. The van der Waals surface area contributed by atoms with Crippen molar-refractivity contribution in [3.63, 3.8) is 0 Å². The van der Waals surface area contributed by atoms with Crippen molar-refractivity contribution in [3.8, 4) is 0 Å². The SMILES string of the molecule is O=C(NCCC(=O)N1CCN(C(=O)Nc2ccc(F)cc2)CC1)c1ccco1. The average molecular weight is 388 g/mol. The van der Waals surface area contributed by atoms with Gasteiger partial charge in [-0.05, 0) is 36.4 Å². The Labute approximate surface area is 161 Å². The summed E-state index contributed by atoms with van der Waals surface area (Å²) in [6.45, 7) is 1.85. The zero-order chi connectivity index (χ0) is 19.9. The van der Waals surface area contributed by atoms with E-state index in [9.17, 15) is 18.8 Å². The summed E-state index contributed by atoms with van der Waals surface area (Å²) in [5.41, 5.74) is 0.511. The van der Waals surface area contributed by atoms with Crippen molar-refractivity contribution in [3.05, 3.63) is 54.2 Å². The van der Waals surface area contributed by atoms with Crippen LogP contribution in [0.3, 0.4) is 0 Å². The van der Waals surface area contributed by atoms with Crippen molar-refractivity contribution in [1.29, 1.82) is 0 Å². The number of carbonyl (C=O) groups is 3. The van der Waals surface area contributed by atoms with Gasteiger partial charge in [-0.2, -0.15) is 0 Å². The predicted molar refractivity (Wildman–Crippen MR) is 99.2 cm³/mol. The summed E-state index contributed by atoms with van der Waals surface area (Å²) < 4.78 is 17.9. The molecule has 0 atom stereocenters.